The van der Waals surface area contributed by atoms with E-state index in [1.807, 2.05) is 47.4 Å². The number of aromatic nitrogens is 1. The molecule has 6 nitrogen and oxygen atoms in total. The van der Waals surface area contributed by atoms with E-state index in [9.17, 15) is 9.90 Å². The largest absolute Gasteiger partial charge is 0.494 e. The zero-order valence-electron chi connectivity index (χ0n) is 21.1. The summed E-state index contributed by atoms with van der Waals surface area (Å²) >= 11 is 12.3. The van der Waals surface area contributed by atoms with Crippen molar-refractivity contribution in [1.82, 2.24) is 14.8 Å². The molecule has 2 fully saturated rings. The molecule has 3 aromatic rings. The van der Waals surface area contributed by atoms with Crippen molar-refractivity contribution in [2.45, 2.75) is 31.7 Å². The van der Waals surface area contributed by atoms with Crippen molar-refractivity contribution < 1.29 is 14.6 Å². The van der Waals surface area contributed by atoms with E-state index < -0.39 is 0 Å². The van der Waals surface area contributed by atoms with Gasteiger partial charge in [-0.3, -0.25) is 14.7 Å². The summed E-state index contributed by atoms with van der Waals surface area (Å²) in [5, 5.41) is 12.2. The summed E-state index contributed by atoms with van der Waals surface area (Å²) in [6.45, 7) is 3.53. The van der Waals surface area contributed by atoms with Gasteiger partial charge in [-0.15, -0.1) is 0 Å². The summed E-state index contributed by atoms with van der Waals surface area (Å²) in [4.78, 5) is 22.4. The molecule has 5 rings (SSSR count). The van der Waals surface area contributed by atoms with Gasteiger partial charge >= 0.3 is 0 Å². The smallest absolute Gasteiger partial charge is 0.254 e. The fourth-order valence-corrected chi connectivity index (χ4v) is 6.31. The number of amides is 1. The second kappa shape index (κ2) is 11.6. The number of ether oxygens (including phenoxy) is 1. The van der Waals surface area contributed by atoms with Crippen LogP contribution in [0.25, 0.3) is 10.9 Å². The van der Waals surface area contributed by atoms with Gasteiger partial charge in [-0.2, -0.15) is 0 Å². The first-order chi connectivity index (χ1) is 18.0. The number of pyridine rings is 1. The molecule has 2 aliphatic rings. The van der Waals surface area contributed by atoms with E-state index in [0.717, 1.165) is 57.2 Å². The van der Waals surface area contributed by atoms with Crippen LogP contribution in [0.15, 0.2) is 48.7 Å². The highest BCUT2D eigenvalue weighted by Crippen LogP contribution is 2.33. The van der Waals surface area contributed by atoms with E-state index in [1.54, 1.807) is 13.3 Å². The number of aliphatic hydroxyl groups excluding tert-OH is 1. The van der Waals surface area contributed by atoms with Gasteiger partial charge in [0, 0.05) is 49.4 Å². The number of methoxy groups -OCH3 is 1. The van der Waals surface area contributed by atoms with Crippen molar-refractivity contribution in [3.63, 3.8) is 0 Å². The summed E-state index contributed by atoms with van der Waals surface area (Å²) < 4.78 is 5.44. The molecule has 8 heteroatoms. The Balaban J connectivity index is 1.20. The fourth-order valence-electron chi connectivity index (χ4n) is 5.99. The molecule has 0 aliphatic carbocycles. The lowest BCUT2D eigenvalue weighted by atomic mass is 9.80. The number of likely N-dealkylation sites (tertiary alicyclic amines) is 2. The van der Waals surface area contributed by atoms with Crippen LogP contribution in [-0.4, -0.2) is 71.7 Å². The molecule has 1 aromatic heterocycles. The van der Waals surface area contributed by atoms with Crippen molar-refractivity contribution >= 4 is 40.0 Å². The first kappa shape index (κ1) is 26.2. The Bertz CT molecular complexity index is 1260. The molecule has 0 radical (unpaired) electrons. The number of hydrogen-bond acceptors (Lipinski definition) is 5. The van der Waals surface area contributed by atoms with Crippen LogP contribution in [0.5, 0.6) is 5.75 Å². The monoisotopic (exact) mass is 541 g/mol. The number of nitrogens with zero attached hydrogens (tertiary/aromatic N) is 3. The molecule has 37 heavy (non-hydrogen) atoms. The van der Waals surface area contributed by atoms with E-state index in [2.05, 4.69) is 9.88 Å². The number of aliphatic hydroxyl groups is 1. The van der Waals surface area contributed by atoms with Gasteiger partial charge in [0.2, 0.25) is 0 Å². The standard InChI is InChI=1S/C29H33Cl2N3O3/c1-37-27-7-5-24(23-3-2-11-32-28(23)27)29(36)33-13-9-22(10-14-33)34-12-8-20(21(17-34)18-35)15-19-4-6-25(30)26(31)16-19/h2-7,11,16,20-22,35H,8-10,12-15,17-18H2,1H3. The normalized spacial score (nSPS) is 21.4. The van der Waals surface area contributed by atoms with Crippen LogP contribution in [0.4, 0.5) is 0 Å². The quantitative estimate of drug-likeness (QED) is 0.457. The molecule has 2 unspecified atom stereocenters. The van der Waals surface area contributed by atoms with E-state index in [-0.39, 0.29) is 18.4 Å². The van der Waals surface area contributed by atoms with Gasteiger partial charge in [0.25, 0.3) is 5.91 Å². The average Bonchev–Trinajstić information content (AvgIpc) is 2.94. The predicted octanol–water partition coefficient (Wildman–Crippen LogP) is 5.33. The molecule has 3 heterocycles. The molecule has 1 amide bonds. The van der Waals surface area contributed by atoms with E-state index in [0.29, 0.717) is 38.8 Å². The summed E-state index contributed by atoms with van der Waals surface area (Å²) in [5.74, 6) is 1.36. The van der Waals surface area contributed by atoms with Gasteiger partial charge in [-0.25, -0.2) is 0 Å². The van der Waals surface area contributed by atoms with Crippen LogP contribution in [0.3, 0.4) is 0 Å². The number of hydrogen-bond donors (Lipinski definition) is 1. The highest BCUT2D eigenvalue weighted by atomic mass is 35.5. The third-order valence-electron chi connectivity index (χ3n) is 8.09. The molecule has 0 saturated carbocycles. The second-order valence-electron chi connectivity index (χ2n) is 10.2. The van der Waals surface area contributed by atoms with E-state index in [4.69, 9.17) is 27.9 Å². The number of benzene rings is 2. The number of carbonyl (C=O) groups excluding carboxylic acids is 1. The minimum absolute atomic E-state index is 0.0488. The van der Waals surface area contributed by atoms with Crippen molar-refractivity contribution in [2.24, 2.45) is 11.8 Å². The van der Waals surface area contributed by atoms with Crippen LogP contribution in [-0.2, 0) is 6.42 Å². The van der Waals surface area contributed by atoms with Crippen molar-refractivity contribution in [2.75, 3.05) is 39.9 Å². The van der Waals surface area contributed by atoms with Gasteiger partial charge in [0.15, 0.2) is 0 Å². The van der Waals surface area contributed by atoms with Crippen LogP contribution in [0.2, 0.25) is 10.0 Å². The molecule has 0 bridgehead atoms. The van der Waals surface area contributed by atoms with Gasteiger partial charge < -0.3 is 14.7 Å². The zero-order valence-corrected chi connectivity index (χ0v) is 22.6. The van der Waals surface area contributed by atoms with Crippen molar-refractivity contribution in [1.29, 1.82) is 0 Å². The van der Waals surface area contributed by atoms with Gasteiger partial charge in [0.1, 0.15) is 11.3 Å². The molecular weight excluding hydrogens is 509 g/mol. The predicted molar refractivity (Wildman–Crippen MR) is 148 cm³/mol. The lowest BCUT2D eigenvalue weighted by Gasteiger charge is -2.44. The third-order valence-corrected chi connectivity index (χ3v) is 8.83. The lowest BCUT2D eigenvalue weighted by Crippen LogP contribution is -2.52. The second-order valence-corrected chi connectivity index (χ2v) is 11.0. The SMILES string of the molecule is COc1ccc(C(=O)N2CCC(N3CCC(Cc4ccc(Cl)c(Cl)c4)C(CO)C3)CC2)c2cccnc12. The minimum Gasteiger partial charge on any atom is -0.494 e. The summed E-state index contributed by atoms with van der Waals surface area (Å²) in [6, 6.07) is 13.7. The molecule has 2 aromatic carbocycles. The fraction of sp³-hybridized carbons (Fsp3) is 0.448. The third kappa shape index (κ3) is 5.58. The van der Waals surface area contributed by atoms with Crippen molar-refractivity contribution in [3.05, 3.63) is 69.8 Å². The van der Waals surface area contributed by atoms with E-state index in [1.165, 1.54) is 5.56 Å². The summed E-state index contributed by atoms with van der Waals surface area (Å²) in [5.41, 5.74) is 2.55. The first-order valence-corrected chi connectivity index (χ1v) is 13.7. The number of piperidine rings is 2. The molecule has 1 N–H and O–H groups in total. The number of halogens is 2. The van der Waals surface area contributed by atoms with Crippen LogP contribution < -0.4 is 4.74 Å². The Hall–Kier alpha value is -2.38. The molecular formula is C29H33Cl2N3O3. The zero-order chi connectivity index (χ0) is 25.9. The number of rotatable bonds is 6. The Morgan fingerprint density at radius 2 is 1.86 bits per heavy atom. The average molecular weight is 543 g/mol. The van der Waals surface area contributed by atoms with Crippen LogP contribution in [0.1, 0.15) is 35.2 Å². The van der Waals surface area contributed by atoms with Crippen LogP contribution >= 0.6 is 23.2 Å². The van der Waals surface area contributed by atoms with Gasteiger partial charge in [-0.1, -0.05) is 35.3 Å². The molecule has 0 spiro atoms. The maximum absolute atomic E-state index is 13.4. The summed E-state index contributed by atoms with van der Waals surface area (Å²) in [6.07, 6.45) is 5.53. The Morgan fingerprint density at radius 1 is 1.05 bits per heavy atom. The Kier molecular flexibility index (Phi) is 8.20. The minimum atomic E-state index is 0.0488. The van der Waals surface area contributed by atoms with Gasteiger partial charge in [0.05, 0.1) is 17.2 Å². The van der Waals surface area contributed by atoms with Gasteiger partial charge in [-0.05, 0) is 80.0 Å². The number of carbonyl (C=O) groups is 1. The van der Waals surface area contributed by atoms with Crippen molar-refractivity contribution in [3.8, 4) is 5.75 Å². The maximum atomic E-state index is 13.4. The maximum Gasteiger partial charge on any atom is 0.254 e. The molecule has 2 aliphatic heterocycles. The lowest BCUT2D eigenvalue weighted by molar-refractivity contribution is 0.0242. The first-order valence-electron chi connectivity index (χ1n) is 13.0. The highest BCUT2D eigenvalue weighted by molar-refractivity contribution is 6.42. The molecule has 2 atom stereocenters. The molecule has 196 valence electrons. The number of fused-ring (bicyclic) bond motifs is 1. The summed E-state index contributed by atoms with van der Waals surface area (Å²) in [7, 11) is 1.62. The Morgan fingerprint density at radius 3 is 2.59 bits per heavy atom. The van der Waals surface area contributed by atoms with E-state index >= 15 is 0 Å². The topological polar surface area (TPSA) is 65.9 Å². The Labute approximate surface area is 228 Å². The van der Waals surface area contributed by atoms with Crippen LogP contribution in [0, 0.1) is 11.8 Å². The molecule has 2 saturated heterocycles. The highest BCUT2D eigenvalue weighted by Gasteiger charge is 2.34.